The Labute approximate surface area is 150 Å². The number of aliphatic carboxylic acids is 1. The van der Waals surface area contributed by atoms with Gasteiger partial charge in [-0.25, -0.2) is 5.06 Å². The first-order chi connectivity index (χ1) is 12.4. The summed E-state index contributed by atoms with van der Waals surface area (Å²) in [6, 6.07) is 14.7. The Balaban J connectivity index is 2.14. The highest BCUT2D eigenvalue weighted by Gasteiger charge is 2.27. The molecule has 2 atom stereocenters. The molecule has 2 aromatic rings. The Morgan fingerprint density at radius 1 is 1.08 bits per heavy atom. The molecule has 2 aromatic carbocycles. The van der Waals surface area contributed by atoms with Gasteiger partial charge in [0.05, 0.1) is 0 Å². The smallest absolute Gasteiger partial charge is 0.325 e. The number of nitrogens with one attached hydrogen (secondary N) is 1. The maximum Gasteiger partial charge on any atom is 0.325 e. The molecule has 3 N–H and O–H groups in total. The standard InChI is InChI=1S/C19H20N2O5/c1-13(19(24)25)20-18(23)17(21(26)12-22)11-14-7-9-16(10-8-14)15-5-3-2-4-6-15/h2-10,12-13,17,26H,11H2,1H3,(H,20,23)(H,24,25)/t13?,17-/m1/s1. The summed E-state index contributed by atoms with van der Waals surface area (Å²) in [4.78, 5) is 34.0. The second-order valence-corrected chi connectivity index (χ2v) is 5.84. The van der Waals surface area contributed by atoms with E-state index >= 15 is 0 Å². The fourth-order valence-corrected chi connectivity index (χ4v) is 2.44. The molecule has 0 radical (unpaired) electrons. The van der Waals surface area contributed by atoms with E-state index in [1.165, 1.54) is 6.92 Å². The predicted octanol–water partition coefficient (Wildman–Crippen LogP) is 1.70. The minimum absolute atomic E-state index is 0.0441. The lowest BCUT2D eigenvalue weighted by Crippen LogP contribution is -2.50. The fraction of sp³-hybridized carbons (Fsp3) is 0.211. The first-order valence-electron chi connectivity index (χ1n) is 8.02. The predicted molar refractivity (Wildman–Crippen MR) is 94.3 cm³/mol. The van der Waals surface area contributed by atoms with E-state index in [0.29, 0.717) is 5.56 Å². The van der Waals surface area contributed by atoms with Crippen molar-refractivity contribution in [2.45, 2.75) is 25.4 Å². The summed E-state index contributed by atoms with van der Waals surface area (Å²) in [5.74, 6) is -1.96. The molecule has 0 spiro atoms. The van der Waals surface area contributed by atoms with Crippen molar-refractivity contribution >= 4 is 18.3 Å². The van der Waals surface area contributed by atoms with Gasteiger partial charge in [-0.2, -0.15) is 0 Å². The molecule has 1 unspecified atom stereocenters. The molecule has 2 amide bonds. The first kappa shape index (κ1) is 19.1. The number of nitrogens with zero attached hydrogens (tertiary/aromatic N) is 1. The van der Waals surface area contributed by atoms with E-state index in [-0.39, 0.29) is 17.9 Å². The van der Waals surface area contributed by atoms with Crippen LogP contribution in [0.25, 0.3) is 11.1 Å². The Morgan fingerprint density at radius 3 is 2.19 bits per heavy atom. The lowest BCUT2D eigenvalue weighted by molar-refractivity contribution is -0.167. The van der Waals surface area contributed by atoms with Gasteiger partial charge in [0.1, 0.15) is 12.1 Å². The minimum atomic E-state index is -1.23. The first-order valence-corrected chi connectivity index (χ1v) is 8.02. The number of amides is 2. The number of benzene rings is 2. The summed E-state index contributed by atoms with van der Waals surface area (Å²) < 4.78 is 0. The summed E-state index contributed by atoms with van der Waals surface area (Å²) in [6.07, 6.45) is 0.163. The molecule has 0 saturated carbocycles. The summed E-state index contributed by atoms with van der Waals surface area (Å²) in [6.45, 7) is 1.30. The lowest BCUT2D eigenvalue weighted by atomic mass is 10.00. The van der Waals surface area contributed by atoms with Crippen LogP contribution < -0.4 is 5.32 Å². The largest absolute Gasteiger partial charge is 0.480 e. The summed E-state index contributed by atoms with van der Waals surface area (Å²) in [5, 5.41) is 21.1. The third-order valence-electron chi connectivity index (χ3n) is 3.95. The van der Waals surface area contributed by atoms with Gasteiger partial charge < -0.3 is 10.4 Å². The Kier molecular flexibility index (Phi) is 6.46. The zero-order valence-corrected chi connectivity index (χ0v) is 14.2. The second-order valence-electron chi connectivity index (χ2n) is 5.84. The van der Waals surface area contributed by atoms with Gasteiger partial charge in [0.15, 0.2) is 0 Å². The fourth-order valence-electron chi connectivity index (χ4n) is 2.44. The normalized spacial score (nSPS) is 12.7. The number of carboxylic acids is 1. The van der Waals surface area contributed by atoms with Crippen LogP contribution in [0.4, 0.5) is 0 Å². The lowest BCUT2D eigenvalue weighted by Gasteiger charge is -2.23. The molecule has 0 heterocycles. The monoisotopic (exact) mass is 356 g/mol. The highest BCUT2D eigenvalue weighted by atomic mass is 16.5. The van der Waals surface area contributed by atoms with Crippen LogP contribution in [0, 0.1) is 0 Å². The number of hydrogen-bond donors (Lipinski definition) is 3. The molecule has 2 rings (SSSR count). The van der Waals surface area contributed by atoms with E-state index in [1.54, 1.807) is 12.1 Å². The van der Waals surface area contributed by atoms with Crippen molar-refractivity contribution in [2.75, 3.05) is 0 Å². The van der Waals surface area contributed by atoms with Gasteiger partial charge in [-0.3, -0.25) is 19.6 Å². The van der Waals surface area contributed by atoms with Crippen molar-refractivity contribution in [3.05, 3.63) is 60.2 Å². The van der Waals surface area contributed by atoms with Crippen LogP contribution in [-0.4, -0.2) is 45.7 Å². The molecule has 7 heteroatoms. The molecule has 136 valence electrons. The third-order valence-corrected chi connectivity index (χ3v) is 3.95. The van der Waals surface area contributed by atoms with E-state index < -0.39 is 24.0 Å². The second kappa shape index (κ2) is 8.77. The van der Waals surface area contributed by atoms with E-state index in [4.69, 9.17) is 5.11 Å². The average molecular weight is 356 g/mol. The number of carboxylic acid groups (broad SMARTS) is 1. The molecule has 0 aliphatic heterocycles. The highest BCUT2D eigenvalue weighted by Crippen LogP contribution is 2.20. The molecule has 0 fully saturated rings. The third kappa shape index (κ3) is 4.90. The van der Waals surface area contributed by atoms with Gasteiger partial charge >= 0.3 is 5.97 Å². The van der Waals surface area contributed by atoms with E-state index in [9.17, 15) is 19.6 Å². The van der Waals surface area contributed by atoms with Crippen LogP contribution in [0.3, 0.4) is 0 Å². The van der Waals surface area contributed by atoms with Crippen molar-refractivity contribution in [3.8, 4) is 11.1 Å². The molecule has 0 aliphatic rings. The number of carbonyl (C=O) groups excluding carboxylic acids is 2. The van der Waals surface area contributed by atoms with Crippen LogP contribution in [0.1, 0.15) is 12.5 Å². The van der Waals surface area contributed by atoms with Crippen LogP contribution in [0.2, 0.25) is 0 Å². The van der Waals surface area contributed by atoms with Gasteiger partial charge in [-0.1, -0.05) is 54.6 Å². The number of hydrogen-bond acceptors (Lipinski definition) is 4. The van der Waals surface area contributed by atoms with E-state index in [2.05, 4.69) is 5.32 Å². The highest BCUT2D eigenvalue weighted by molar-refractivity contribution is 5.87. The number of hydroxylamine groups is 2. The van der Waals surface area contributed by atoms with Gasteiger partial charge in [0, 0.05) is 6.42 Å². The Morgan fingerprint density at radius 2 is 1.65 bits per heavy atom. The molecule has 26 heavy (non-hydrogen) atoms. The van der Waals surface area contributed by atoms with Gasteiger partial charge in [-0.05, 0) is 23.6 Å². The van der Waals surface area contributed by atoms with Gasteiger partial charge in [0.2, 0.25) is 12.3 Å². The number of rotatable bonds is 8. The molecular formula is C19H20N2O5. The van der Waals surface area contributed by atoms with Gasteiger partial charge in [-0.15, -0.1) is 0 Å². The quantitative estimate of drug-likeness (QED) is 0.379. The van der Waals surface area contributed by atoms with E-state index in [1.807, 2.05) is 42.5 Å². The molecule has 7 nitrogen and oxygen atoms in total. The topological polar surface area (TPSA) is 107 Å². The molecule has 0 aliphatic carbocycles. The summed E-state index contributed by atoms with van der Waals surface area (Å²) in [7, 11) is 0. The molecule has 0 bridgehead atoms. The van der Waals surface area contributed by atoms with Gasteiger partial charge in [0.25, 0.3) is 0 Å². The maximum absolute atomic E-state index is 12.2. The average Bonchev–Trinajstić information content (AvgIpc) is 2.66. The van der Waals surface area contributed by atoms with Crippen LogP contribution in [-0.2, 0) is 20.8 Å². The summed E-state index contributed by atoms with van der Waals surface area (Å²) >= 11 is 0. The van der Waals surface area contributed by atoms with Crippen molar-refractivity contribution in [2.24, 2.45) is 0 Å². The summed E-state index contributed by atoms with van der Waals surface area (Å²) in [5.41, 5.74) is 2.75. The van der Waals surface area contributed by atoms with Crippen molar-refractivity contribution in [1.29, 1.82) is 0 Å². The Bertz CT molecular complexity index is 761. The SMILES string of the molecule is CC(NC(=O)[C@@H](Cc1ccc(-c2ccccc2)cc1)N(O)C=O)C(=O)O. The van der Waals surface area contributed by atoms with Crippen molar-refractivity contribution in [3.63, 3.8) is 0 Å². The maximum atomic E-state index is 12.2. The Hall–Kier alpha value is -3.19. The number of carbonyl (C=O) groups is 3. The zero-order chi connectivity index (χ0) is 19.1. The van der Waals surface area contributed by atoms with E-state index in [0.717, 1.165) is 11.1 Å². The van der Waals surface area contributed by atoms with Crippen LogP contribution in [0.15, 0.2) is 54.6 Å². The van der Waals surface area contributed by atoms with Crippen LogP contribution >= 0.6 is 0 Å². The molecule has 0 aromatic heterocycles. The minimum Gasteiger partial charge on any atom is -0.480 e. The molecule has 0 saturated heterocycles. The van der Waals surface area contributed by atoms with Crippen molar-refractivity contribution in [1.82, 2.24) is 10.4 Å². The van der Waals surface area contributed by atoms with Crippen LogP contribution in [0.5, 0.6) is 0 Å². The van der Waals surface area contributed by atoms with Crippen molar-refractivity contribution < 1.29 is 24.7 Å². The zero-order valence-electron chi connectivity index (χ0n) is 14.2. The molecular weight excluding hydrogens is 336 g/mol.